The second-order valence-corrected chi connectivity index (χ2v) is 8.70. The fourth-order valence-corrected chi connectivity index (χ4v) is 4.06. The van der Waals surface area contributed by atoms with Crippen LogP contribution in [0.3, 0.4) is 0 Å². The standard InChI is InChI=1S/C24H24Cl2N4O4/c1-14-4-5-30(29-12-17-7-21-22(9-20(17)26)34-13-33-21)24(32)19(14)8-23(31)28-11-16-6-18(25)3-2-15(16)10-27/h2-7,9,29H,8,10-13,27H2,1H3,(H,28,31). The van der Waals surface area contributed by atoms with Crippen LogP contribution in [0.2, 0.25) is 10.0 Å². The number of amides is 1. The number of halogens is 2. The summed E-state index contributed by atoms with van der Waals surface area (Å²) in [5.74, 6) is 0.915. The third-order valence-electron chi connectivity index (χ3n) is 5.61. The zero-order valence-electron chi connectivity index (χ0n) is 18.5. The smallest absolute Gasteiger partial charge is 0.272 e. The number of hydrogen-bond donors (Lipinski definition) is 3. The minimum atomic E-state index is -0.308. The molecule has 2 heterocycles. The third kappa shape index (κ3) is 5.30. The number of aryl methyl sites for hydroxylation is 1. The van der Waals surface area contributed by atoms with Gasteiger partial charge in [-0.05, 0) is 53.4 Å². The summed E-state index contributed by atoms with van der Waals surface area (Å²) in [5, 5.41) is 3.91. The number of carbonyl (C=O) groups excluding carboxylic acids is 1. The lowest BCUT2D eigenvalue weighted by Crippen LogP contribution is -2.34. The Bertz CT molecular complexity index is 1290. The van der Waals surface area contributed by atoms with Gasteiger partial charge in [-0.2, -0.15) is 0 Å². The number of nitrogens with zero attached hydrogens (tertiary/aromatic N) is 1. The Labute approximate surface area is 206 Å². The number of hydrogen-bond acceptors (Lipinski definition) is 6. The molecule has 0 aliphatic carbocycles. The normalized spacial score (nSPS) is 12.0. The predicted octanol–water partition coefficient (Wildman–Crippen LogP) is 3.25. The Hall–Kier alpha value is -3.20. The van der Waals surface area contributed by atoms with E-state index < -0.39 is 0 Å². The van der Waals surface area contributed by atoms with E-state index in [0.717, 1.165) is 22.3 Å². The Balaban J connectivity index is 1.44. The van der Waals surface area contributed by atoms with Crippen LogP contribution in [-0.2, 0) is 30.8 Å². The molecule has 0 fully saturated rings. The highest BCUT2D eigenvalue weighted by molar-refractivity contribution is 6.31. The highest BCUT2D eigenvalue weighted by Gasteiger charge is 2.17. The molecule has 34 heavy (non-hydrogen) atoms. The van der Waals surface area contributed by atoms with Crippen LogP contribution >= 0.6 is 23.2 Å². The van der Waals surface area contributed by atoms with Crippen molar-refractivity contribution in [1.82, 2.24) is 9.99 Å². The van der Waals surface area contributed by atoms with Gasteiger partial charge in [-0.15, -0.1) is 0 Å². The van der Waals surface area contributed by atoms with Gasteiger partial charge in [0, 0.05) is 41.0 Å². The second-order valence-electron chi connectivity index (χ2n) is 7.85. The van der Waals surface area contributed by atoms with Gasteiger partial charge in [-0.3, -0.25) is 9.59 Å². The summed E-state index contributed by atoms with van der Waals surface area (Å²) < 4.78 is 12.1. The van der Waals surface area contributed by atoms with E-state index in [1.54, 1.807) is 43.5 Å². The van der Waals surface area contributed by atoms with Gasteiger partial charge in [0.05, 0.1) is 13.0 Å². The van der Waals surface area contributed by atoms with Crippen molar-refractivity contribution in [2.45, 2.75) is 33.0 Å². The van der Waals surface area contributed by atoms with Gasteiger partial charge in [-0.1, -0.05) is 29.3 Å². The van der Waals surface area contributed by atoms with E-state index in [1.165, 1.54) is 4.68 Å². The summed E-state index contributed by atoms with van der Waals surface area (Å²) in [7, 11) is 0. The SMILES string of the molecule is Cc1ccn(NCc2cc3c(cc2Cl)OCO3)c(=O)c1CC(=O)NCc1cc(Cl)ccc1CN. The van der Waals surface area contributed by atoms with E-state index in [2.05, 4.69) is 10.7 Å². The Morgan fingerprint density at radius 3 is 2.59 bits per heavy atom. The molecule has 0 saturated heterocycles. The van der Waals surface area contributed by atoms with Crippen molar-refractivity contribution in [1.29, 1.82) is 0 Å². The van der Waals surface area contributed by atoms with Crippen LogP contribution in [0, 0.1) is 6.92 Å². The average Bonchev–Trinajstić information content (AvgIpc) is 3.27. The molecule has 0 saturated carbocycles. The molecule has 8 nitrogen and oxygen atoms in total. The Morgan fingerprint density at radius 1 is 1.06 bits per heavy atom. The summed E-state index contributed by atoms with van der Waals surface area (Å²) in [6.07, 6.45) is 1.57. The Kier molecular flexibility index (Phi) is 7.31. The molecule has 0 atom stereocenters. The van der Waals surface area contributed by atoms with Crippen LogP contribution < -0.4 is 31.5 Å². The monoisotopic (exact) mass is 502 g/mol. The van der Waals surface area contributed by atoms with Crippen LogP contribution in [0.4, 0.5) is 0 Å². The number of ether oxygens (including phenoxy) is 2. The van der Waals surface area contributed by atoms with Crippen LogP contribution in [-0.4, -0.2) is 17.4 Å². The molecule has 1 amide bonds. The average molecular weight is 503 g/mol. The first kappa shape index (κ1) is 23.9. The molecule has 1 aliphatic heterocycles. The Morgan fingerprint density at radius 2 is 1.82 bits per heavy atom. The van der Waals surface area contributed by atoms with Crippen molar-refractivity contribution in [3.63, 3.8) is 0 Å². The number of fused-ring (bicyclic) bond motifs is 1. The summed E-state index contributed by atoms with van der Waals surface area (Å²) in [5.41, 5.74) is 12.1. The van der Waals surface area contributed by atoms with E-state index in [9.17, 15) is 9.59 Å². The molecular weight excluding hydrogens is 479 g/mol. The number of carbonyl (C=O) groups is 1. The fourth-order valence-electron chi connectivity index (χ4n) is 3.65. The molecule has 2 aromatic carbocycles. The second kappa shape index (κ2) is 10.4. The summed E-state index contributed by atoms with van der Waals surface area (Å²) in [4.78, 5) is 25.7. The first-order valence-corrected chi connectivity index (χ1v) is 11.4. The molecule has 4 rings (SSSR count). The lowest BCUT2D eigenvalue weighted by molar-refractivity contribution is -0.120. The summed E-state index contributed by atoms with van der Waals surface area (Å²) >= 11 is 12.4. The lowest BCUT2D eigenvalue weighted by atomic mass is 10.1. The van der Waals surface area contributed by atoms with Crippen molar-refractivity contribution in [2.24, 2.45) is 5.73 Å². The largest absolute Gasteiger partial charge is 0.454 e. The molecule has 1 aliphatic rings. The highest BCUT2D eigenvalue weighted by Crippen LogP contribution is 2.36. The molecule has 0 radical (unpaired) electrons. The topological polar surface area (TPSA) is 108 Å². The van der Waals surface area contributed by atoms with Crippen LogP contribution in [0.25, 0.3) is 0 Å². The van der Waals surface area contributed by atoms with E-state index in [-0.39, 0.29) is 37.8 Å². The van der Waals surface area contributed by atoms with E-state index in [4.69, 9.17) is 38.4 Å². The summed E-state index contributed by atoms with van der Waals surface area (Å²) in [6, 6.07) is 10.6. The quantitative estimate of drug-likeness (QED) is 0.436. The number of rotatable bonds is 8. The number of nitrogens with two attached hydrogens (primary N) is 1. The third-order valence-corrected chi connectivity index (χ3v) is 6.20. The first-order valence-electron chi connectivity index (χ1n) is 10.6. The minimum Gasteiger partial charge on any atom is -0.454 e. The fraction of sp³-hybridized carbons (Fsp3) is 0.250. The van der Waals surface area contributed by atoms with Crippen molar-refractivity contribution in [2.75, 3.05) is 12.2 Å². The number of pyridine rings is 1. The van der Waals surface area contributed by atoms with Crippen LogP contribution in [0.1, 0.15) is 27.8 Å². The van der Waals surface area contributed by atoms with Crippen molar-refractivity contribution >= 4 is 29.1 Å². The lowest BCUT2D eigenvalue weighted by Gasteiger charge is -2.14. The van der Waals surface area contributed by atoms with E-state index >= 15 is 0 Å². The van der Waals surface area contributed by atoms with Gasteiger partial charge >= 0.3 is 0 Å². The van der Waals surface area contributed by atoms with E-state index in [1.807, 2.05) is 6.07 Å². The zero-order valence-corrected chi connectivity index (χ0v) is 20.0. The molecule has 3 aromatic rings. The van der Waals surface area contributed by atoms with Crippen LogP contribution in [0.5, 0.6) is 11.5 Å². The van der Waals surface area contributed by atoms with E-state index in [0.29, 0.717) is 33.7 Å². The maximum absolute atomic E-state index is 13.0. The first-order chi connectivity index (χ1) is 16.4. The minimum absolute atomic E-state index is 0.0590. The van der Waals surface area contributed by atoms with Gasteiger partial charge in [-0.25, -0.2) is 4.68 Å². The number of nitrogens with one attached hydrogen (secondary N) is 2. The summed E-state index contributed by atoms with van der Waals surface area (Å²) in [6.45, 7) is 2.83. The number of aromatic nitrogens is 1. The van der Waals surface area contributed by atoms with Gasteiger partial charge in [0.2, 0.25) is 12.7 Å². The molecule has 1 aromatic heterocycles. The van der Waals surface area contributed by atoms with Crippen LogP contribution in [0.15, 0.2) is 47.4 Å². The molecule has 4 N–H and O–H groups in total. The van der Waals surface area contributed by atoms with Gasteiger partial charge in [0.25, 0.3) is 5.56 Å². The maximum atomic E-state index is 13.0. The molecule has 0 bridgehead atoms. The van der Waals surface area contributed by atoms with Gasteiger partial charge < -0.3 is 25.9 Å². The maximum Gasteiger partial charge on any atom is 0.272 e. The molecule has 10 heteroatoms. The molecular formula is C24H24Cl2N4O4. The van der Waals surface area contributed by atoms with Crippen molar-refractivity contribution in [3.8, 4) is 11.5 Å². The van der Waals surface area contributed by atoms with Gasteiger partial charge in [0.15, 0.2) is 11.5 Å². The van der Waals surface area contributed by atoms with Crippen molar-refractivity contribution in [3.05, 3.63) is 90.8 Å². The van der Waals surface area contributed by atoms with Gasteiger partial charge in [0.1, 0.15) is 0 Å². The molecule has 178 valence electrons. The molecule has 0 unspecified atom stereocenters. The highest BCUT2D eigenvalue weighted by atomic mass is 35.5. The predicted molar refractivity (Wildman–Crippen MR) is 131 cm³/mol. The number of benzene rings is 2. The van der Waals surface area contributed by atoms with Crippen molar-refractivity contribution < 1.29 is 14.3 Å². The molecule has 0 spiro atoms. The zero-order chi connectivity index (χ0) is 24.2.